The van der Waals surface area contributed by atoms with Crippen molar-refractivity contribution in [3.8, 4) is 11.5 Å². The Bertz CT molecular complexity index is 306. The van der Waals surface area contributed by atoms with E-state index in [4.69, 9.17) is 0 Å². The van der Waals surface area contributed by atoms with E-state index in [1.54, 1.807) is 0 Å². The van der Waals surface area contributed by atoms with Crippen LogP contribution in [-0.2, 0) is 0 Å². The first-order chi connectivity index (χ1) is 7.01. The summed E-state index contributed by atoms with van der Waals surface area (Å²) in [6.45, 7) is 10.7. The van der Waals surface area contributed by atoms with E-state index in [-0.39, 0.29) is 0 Å². The van der Waals surface area contributed by atoms with Crippen LogP contribution in [0, 0.1) is 17.4 Å². The van der Waals surface area contributed by atoms with Crippen LogP contribution in [0.25, 0.3) is 0 Å². The lowest BCUT2D eigenvalue weighted by atomic mass is 9.89. The van der Waals surface area contributed by atoms with Gasteiger partial charge in [-0.25, -0.2) is 0 Å². The van der Waals surface area contributed by atoms with Gasteiger partial charge in [0.15, 0.2) is 0 Å². The van der Waals surface area contributed by atoms with Crippen molar-refractivity contribution in [3.05, 3.63) is 24.3 Å². The molecule has 15 heavy (non-hydrogen) atoms. The summed E-state index contributed by atoms with van der Waals surface area (Å²) >= 11 is 0. The molecule has 0 fully saturated rings. The molecule has 1 aliphatic rings. The molecule has 1 rings (SSSR count). The predicted molar refractivity (Wildman–Crippen MR) is 71.4 cm³/mol. The Morgan fingerprint density at radius 1 is 1.53 bits per heavy atom. The minimum Gasteiger partial charge on any atom is -0.127 e. The Hall–Kier alpha value is -0.743. The summed E-state index contributed by atoms with van der Waals surface area (Å²) in [5.74, 6) is 4.08. The Kier molecular flexibility index (Phi) is 4.41. The van der Waals surface area contributed by atoms with Crippen LogP contribution in [0.1, 0.15) is 25.7 Å². The second kappa shape index (κ2) is 5.37. The van der Waals surface area contributed by atoms with Gasteiger partial charge < -0.3 is 0 Å². The van der Waals surface area contributed by atoms with Gasteiger partial charge in [0.2, 0.25) is 0 Å². The van der Waals surface area contributed by atoms with E-state index >= 15 is 0 Å². The molecule has 0 radical (unpaired) electrons. The first kappa shape index (κ1) is 12.3. The van der Waals surface area contributed by atoms with Crippen LogP contribution in [0.2, 0.25) is 19.6 Å². The first-order valence-electron chi connectivity index (χ1n) is 5.86. The standard InChI is InChI=1S/C14H22Si/c1-5-7-13-8-6-9-14(12-13)10-11-15(2,3)4/h5,12-13H,1,6-9H2,2-4H3. The summed E-state index contributed by atoms with van der Waals surface area (Å²) in [5, 5.41) is 0. The Morgan fingerprint density at radius 2 is 2.27 bits per heavy atom. The lowest BCUT2D eigenvalue weighted by Crippen LogP contribution is -2.16. The normalized spacial score (nSPS) is 21.3. The van der Waals surface area contributed by atoms with Crippen LogP contribution < -0.4 is 0 Å². The molecule has 0 saturated heterocycles. The molecule has 0 heterocycles. The van der Waals surface area contributed by atoms with Gasteiger partial charge in [-0.1, -0.05) is 37.7 Å². The van der Waals surface area contributed by atoms with E-state index in [2.05, 4.69) is 43.8 Å². The van der Waals surface area contributed by atoms with Crippen molar-refractivity contribution in [3.63, 3.8) is 0 Å². The van der Waals surface area contributed by atoms with Crippen LogP contribution in [0.5, 0.6) is 0 Å². The molecule has 0 nitrogen and oxygen atoms in total. The molecule has 0 aromatic heterocycles. The van der Waals surface area contributed by atoms with Crippen molar-refractivity contribution in [2.24, 2.45) is 5.92 Å². The van der Waals surface area contributed by atoms with E-state index < -0.39 is 8.07 Å². The smallest absolute Gasteiger partial charge is 0.127 e. The molecular weight excluding hydrogens is 196 g/mol. The second-order valence-corrected chi connectivity index (χ2v) is 10.1. The van der Waals surface area contributed by atoms with E-state index in [1.165, 1.54) is 24.8 Å². The quantitative estimate of drug-likeness (QED) is 0.371. The summed E-state index contributed by atoms with van der Waals surface area (Å²) < 4.78 is 0. The minimum atomic E-state index is -1.20. The third-order valence-corrected chi connectivity index (χ3v) is 3.40. The van der Waals surface area contributed by atoms with Crippen LogP contribution >= 0.6 is 0 Å². The van der Waals surface area contributed by atoms with Crippen molar-refractivity contribution in [1.29, 1.82) is 0 Å². The van der Waals surface area contributed by atoms with Crippen LogP contribution in [0.3, 0.4) is 0 Å². The number of rotatable bonds is 2. The Labute approximate surface area is 95.5 Å². The lowest BCUT2D eigenvalue weighted by Gasteiger charge is -2.17. The monoisotopic (exact) mass is 218 g/mol. The van der Waals surface area contributed by atoms with Crippen molar-refractivity contribution < 1.29 is 0 Å². The van der Waals surface area contributed by atoms with Gasteiger partial charge >= 0.3 is 0 Å². The molecule has 0 saturated carbocycles. The van der Waals surface area contributed by atoms with Gasteiger partial charge in [-0.15, -0.1) is 12.1 Å². The number of hydrogen-bond acceptors (Lipinski definition) is 0. The molecule has 0 amide bonds. The van der Waals surface area contributed by atoms with Crippen LogP contribution in [-0.4, -0.2) is 8.07 Å². The van der Waals surface area contributed by atoms with E-state index in [0.29, 0.717) is 5.92 Å². The van der Waals surface area contributed by atoms with Crippen LogP contribution in [0.4, 0.5) is 0 Å². The first-order valence-corrected chi connectivity index (χ1v) is 9.36. The third-order valence-electron chi connectivity index (χ3n) is 2.53. The van der Waals surface area contributed by atoms with Crippen molar-refractivity contribution >= 4 is 8.07 Å². The third kappa shape index (κ3) is 5.04. The molecule has 0 aromatic rings. The van der Waals surface area contributed by atoms with Gasteiger partial charge in [-0.2, -0.15) is 0 Å². The highest BCUT2D eigenvalue weighted by Crippen LogP contribution is 2.25. The fourth-order valence-electron chi connectivity index (χ4n) is 1.78. The molecule has 1 heteroatoms. The largest absolute Gasteiger partial charge is 0.129 e. The highest BCUT2D eigenvalue weighted by atomic mass is 28.3. The SMILES string of the molecule is C=CCC1C=C(C#C[Si](C)(C)C)CCC1. The fourth-order valence-corrected chi connectivity index (χ4v) is 2.31. The van der Waals surface area contributed by atoms with Gasteiger partial charge in [0.25, 0.3) is 0 Å². The number of hydrogen-bond donors (Lipinski definition) is 0. The van der Waals surface area contributed by atoms with Crippen molar-refractivity contribution in [2.75, 3.05) is 0 Å². The molecule has 0 aliphatic heterocycles. The molecule has 0 N–H and O–H groups in total. The van der Waals surface area contributed by atoms with Gasteiger partial charge in [-0.3, -0.25) is 0 Å². The molecular formula is C14H22Si. The molecule has 0 bridgehead atoms. The second-order valence-electron chi connectivity index (χ2n) is 5.37. The Morgan fingerprint density at radius 3 is 2.87 bits per heavy atom. The van der Waals surface area contributed by atoms with Gasteiger partial charge in [-0.05, 0) is 37.2 Å². The molecule has 0 aromatic carbocycles. The fraction of sp³-hybridized carbons (Fsp3) is 0.571. The Balaban J connectivity index is 2.68. The topological polar surface area (TPSA) is 0 Å². The van der Waals surface area contributed by atoms with Gasteiger partial charge in [0, 0.05) is 0 Å². The molecule has 82 valence electrons. The minimum absolute atomic E-state index is 0.696. The van der Waals surface area contributed by atoms with Gasteiger partial charge in [0.1, 0.15) is 8.07 Å². The van der Waals surface area contributed by atoms with Crippen molar-refractivity contribution in [1.82, 2.24) is 0 Å². The van der Waals surface area contributed by atoms with Gasteiger partial charge in [0.05, 0.1) is 0 Å². The number of allylic oxidation sites excluding steroid dienone is 3. The zero-order valence-corrected chi connectivity index (χ0v) is 11.3. The maximum Gasteiger partial charge on any atom is 0.129 e. The maximum absolute atomic E-state index is 3.81. The summed E-state index contributed by atoms with van der Waals surface area (Å²) in [6.07, 6.45) is 9.30. The molecule has 0 spiro atoms. The maximum atomic E-state index is 3.81. The highest BCUT2D eigenvalue weighted by Gasteiger charge is 2.12. The average Bonchev–Trinajstić information content (AvgIpc) is 2.15. The van der Waals surface area contributed by atoms with E-state index in [1.807, 2.05) is 6.08 Å². The molecule has 1 unspecified atom stereocenters. The van der Waals surface area contributed by atoms with Crippen LogP contribution in [0.15, 0.2) is 24.3 Å². The summed E-state index contributed by atoms with van der Waals surface area (Å²) in [6, 6.07) is 0. The van der Waals surface area contributed by atoms with Crippen molar-refractivity contribution in [2.45, 2.75) is 45.3 Å². The summed E-state index contributed by atoms with van der Waals surface area (Å²) in [7, 11) is -1.20. The predicted octanol–water partition coefficient (Wildman–Crippen LogP) is 4.17. The average molecular weight is 218 g/mol. The zero-order chi connectivity index (χ0) is 11.3. The lowest BCUT2D eigenvalue weighted by molar-refractivity contribution is 0.540. The molecule has 1 atom stereocenters. The zero-order valence-electron chi connectivity index (χ0n) is 10.3. The summed E-state index contributed by atoms with van der Waals surface area (Å²) in [5.41, 5.74) is 4.82. The molecule has 1 aliphatic carbocycles. The highest BCUT2D eigenvalue weighted by molar-refractivity contribution is 6.83. The van der Waals surface area contributed by atoms with E-state index in [0.717, 1.165) is 6.42 Å². The van der Waals surface area contributed by atoms with E-state index in [9.17, 15) is 0 Å². The summed E-state index contributed by atoms with van der Waals surface area (Å²) in [4.78, 5) is 0.